The number of rotatable bonds is 4. The van der Waals surface area contributed by atoms with E-state index in [4.69, 9.17) is 4.74 Å². The van der Waals surface area contributed by atoms with Crippen molar-refractivity contribution in [1.82, 2.24) is 4.98 Å². The highest BCUT2D eigenvalue weighted by molar-refractivity contribution is 5.94. The van der Waals surface area contributed by atoms with Crippen LogP contribution in [-0.2, 0) is 0 Å². The fourth-order valence-corrected chi connectivity index (χ4v) is 1.93. The van der Waals surface area contributed by atoms with Crippen molar-refractivity contribution in [2.45, 2.75) is 20.3 Å². The lowest BCUT2D eigenvalue weighted by atomic mass is 10.1. The summed E-state index contributed by atoms with van der Waals surface area (Å²) in [5.41, 5.74) is 3.30. The number of nitrogens with one attached hydrogen (secondary N) is 1. The first-order chi connectivity index (χ1) is 8.26. The van der Waals surface area contributed by atoms with Crippen LogP contribution in [0.25, 0.3) is 10.9 Å². The highest BCUT2D eigenvalue weighted by Crippen LogP contribution is 2.28. The van der Waals surface area contributed by atoms with Crippen LogP contribution in [0.15, 0.2) is 24.4 Å². The van der Waals surface area contributed by atoms with Gasteiger partial charge in [0.05, 0.1) is 12.6 Å². The molecule has 2 aromatic rings. The Bertz CT molecular complexity index is 523. The highest BCUT2D eigenvalue weighted by atomic mass is 16.5. The Morgan fingerprint density at radius 2 is 2.18 bits per heavy atom. The lowest BCUT2D eigenvalue weighted by Gasteiger charge is -2.11. The molecule has 1 heterocycles. The van der Waals surface area contributed by atoms with Crippen molar-refractivity contribution in [3.8, 4) is 5.75 Å². The number of methoxy groups -OCH3 is 1. The summed E-state index contributed by atoms with van der Waals surface area (Å²) in [6.07, 6.45) is 2.95. The molecule has 2 rings (SSSR count). The van der Waals surface area contributed by atoms with E-state index in [9.17, 15) is 0 Å². The molecule has 0 saturated heterocycles. The summed E-state index contributed by atoms with van der Waals surface area (Å²) in [4.78, 5) is 4.43. The molecule has 1 aromatic heterocycles. The van der Waals surface area contributed by atoms with Crippen LogP contribution in [0, 0.1) is 6.92 Å². The van der Waals surface area contributed by atoms with Crippen molar-refractivity contribution in [3.63, 3.8) is 0 Å². The maximum absolute atomic E-state index is 5.31. The van der Waals surface area contributed by atoms with Crippen molar-refractivity contribution < 1.29 is 4.74 Å². The molecular weight excluding hydrogens is 212 g/mol. The molecule has 0 radical (unpaired) electrons. The zero-order valence-corrected chi connectivity index (χ0v) is 10.6. The maximum Gasteiger partial charge on any atom is 0.119 e. The first kappa shape index (κ1) is 11.7. The lowest BCUT2D eigenvalue weighted by Crippen LogP contribution is -2.01. The van der Waals surface area contributed by atoms with E-state index in [0.29, 0.717) is 0 Å². The van der Waals surface area contributed by atoms with Crippen molar-refractivity contribution in [2.75, 3.05) is 19.0 Å². The summed E-state index contributed by atoms with van der Waals surface area (Å²) in [7, 11) is 1.69. The molecule has 0 unspecified atom stereocenters. The number of benzene rings is 1. The Hall–Kier alpha value is -1.77. The van der Waals surface area contributed by atoms with Gasteiger partial charge < -0.3 is 10.1 Å². The highest BCUT2D eigenvalue weighted by Gasteiger charge is 2.06. The molecule has 0 saturated carbocycles. The van der Waals surface area contributed by atoms with Gasteiger partial charge in [-0.2, -0.15) is 0 Å². The molecule has 1 N–H and O–H groups in total. The second-order valence-corrected chi connectivity index (χ2v) is 4.13. The van der Waals surface area contributed by atoms with E-state index in [1.165, 1.54) is 0 Å². The van der Waals surface area contributed by atoms with Gasteiger partial charge in [0, 0.05) is 23.8 Å². The second-order valence-electron chi connectivity index (χ2n) is 4.13. The van der Waals surface area contributed by atoms with E-state index in [1.807, 2.05) is 24.4 Å². The number of ether oxygens (including phenoxy) is 1. The number of hydrogen-bond donors (Lipinski definition) is 1. The topological polar surface area (TPSA) is 34.2 Å². The Morgan fingerprint density at radius 3 is 2.88 bits per heavy atom. The largest absolute Gasteiger partial charge is 0.497 e. The van der Waals surface area contributed by atoms with Gasteiger partial charge in [-0.15, -0.1) is 0 Å². The summed E-state index contributed by atoms with van der Waals surface area (Å²) in [6.45, 7) is 5.18. The van der Waals surface area contributed by atoms with E-state index < -0.39 is 0 Å². The second kappa shape index (κ2) is 5.04. The third-order valence-corrected chi connectivity index (χ3v) is 2.81. The van der Waals surface area contributed by atoms with Crippen molar-refractivity contribution in [1.29, 1.82) is 0 Å². The third-order valence-electron chi connectivity index (χ3n) is 2.81. The minimum Gasteiger partial charge on any atom is -0.497 e. The van der Waals surface area contributed by atoms with E-state index in [1.54, 1.807) is 7.11 Å². The van der Waals surface area contributed by atoms with E-state index >= 15 is 0 Å². The van der Waals surface area contributed by atoms with Crippen LogP contribution in [0.3, 0.4) is 0 Å². The average Bonchev–Trinajstić information content (AvgIpc) is 2.36. The van der Waals surface area contributed by atoms with Gasteiger partial charge in [0.25, 0.3) is 0 Å². The Balaban J connectivity index is 2.56. The molecular formula is C14H18N2O. The molecule has 0 atom stereocenters. The van der Waals surface area contributed by atoms with Crippen LogP contribution in [0.4, 0.5) is 5.69 Å². The van der Waals surface area contributed by atoms with Crippen LogP contribution >= 0.6 is 0 Å². The van der Waals surface area contributed by atoms with Crippen molar-refractivity contribution in [3.05, 3.63) is 30.0 Å². The SMILES string of the molecule is CCCNc1ccnc2c(C)cc(OC)cc12. The predicted molar refractivity (Wildman–Crippen MR) is 71.8 cm³/mol. The summed E-state index contributed by atoms with van der Waals surface area (Å²) in [5, 5.41) is 4.54. The van der Waals surface area contributed by atoms with Crippen molar-refractivity contribution >= 4 is 16.6 Å². The molecule has 90 valence electrons. The molecule has 0 bridgehead atoms. The lowest BCUT2D eigenvalue weighted by molar-refractivity contribution is 0.415. The molecule has 0 fully saturated rings. The maximum atomic E-state index is 5.31. The third kappa shape index (κ3) is 2.33. The number of hydrogen-bond acceptors (Lipinski definition) is 3. The first-order valence-electron chi connectivity index (χ1n) is 5.93. The van der Waals surface area contributed by atoms with Gasteiger partial charge in [0.2, 0.25) is 0 Å². The molecule has 3 heteroatoms. The van der Waals surface area contributed by atoms with E-state index in [0.717, 1.165) is 40.9 Å². The van der Waals surface area contributed by atoms with Gasteiger partial charge in [0.15, 0.2) is 0 Å². The van der Waals surface area contributed by atoms with Crippen molar-refractivity contribution in [2.24, 2.45) is 0 Å². The molecule has 0 amide bonds. The number of aryl methyl sites for hydroxylation is 1. The number of fused-ring (bicyclic) bond motifs is 1. The Labute approximate surface area is 102 Å². The van der Waals surface area contributed by atoms with Gasteiger partial charge in [-0.05, 0) is 37.1 Å². The zero-order chi connectivity index (χ0) is 12.3. The van der Waals surface area contributed by atoms with Crippen LogP contribution in [-0.4, -0.2) is 18.6 Å². The monoisotopic (exact) mass is 230 g/mol. The molecule has 3 nitrogen and oxygen atoms in total. The summed E-state index contributed by atoms with van der Waals surface area (Å²) >= 11 is 0. The normalized spacial score (nSPS) is 10.5. The van der Waals surface area contributed by atoms with Crippen LogP contribution in [0.5, 0.6) is 5.75 Å². The minimum absolute atomic E-state index is 0.877. The number of anilines is 1. The van der Waals surface area contributed by atoms with Crippen LogP contribution < -0.4 is 10.1 Å². The van der Waals surface area contributed by atoms with Gasteiger partial charge in [-0.1, -0.05) is 6.92 Å². The summed E-state index contributed by atoms with van der Waals surface area (Å²) < 4.78 is 5.31. The molecule has 0 aliphatic rings. The van der Waals surface area contributed by atoms with E-state index in [2.05, 4.69) is 24.1 Å². The van der Waals surface area contributed by atoms with Gasteiger partial charge in [0.1, 0.15) is 5.75 Å². The predicted octanol–water partition coefficient (Wildman–Crippen LogP) is 3.37. The Morgan fingerprint density at radius 1 is 1.35 bits per heavy atom. The molecule has 0 aliphatic carbocycles. The number of aromatic nitrogens is 1. The first-order valence-corrected chi connectivity index (χ1v) is 5.93. The molecule has 1 aromatic carbocycles. The summed E-state index contributed by atoms with van der Waals surface area (Å²) in [6, 6.07) is 6.06. The van der Waals surface area contributed by atoms with E-state index in [-0.39, 0.29) is 0 Å². The Kier molecular flexibility index (Phi) is 3.47. The van der Waals surface area contributed by atoms with Crippen LogP contribution in [0.2, 0.25) is 0 Å². The average molecular weight is 230 g/mol. The fraction of sp³-hybridized carbons (Fsp3) is 0.357. The quantitative estimate of drug-likeness (QED) is 0.874. The standard InChI is InChI=1S/C14H18N2O/c1-4-6-15-13-5-7-16-14-10(2)8-11(17-3)9-12(13)14/h5,7-9H,4,6H2,1-3H3,(H,15,16). The molecule has 17 heavy (non-hydrogen) atoms. The van der Waals surface area contributed by atoms with Gasteiger partial charge >= 0.3 is 0 Å². The van der Waals surface area contributed by atoms with Gasteiger partial charge in [-0.3, -0.25) is 4.98 Å². The smallest absolute Gasteiger partial charge is 0.119 e. The number of pyridine rings is 1. The van der Waals surface area contributed by atoms with Gasteiger partial charge in [-0.25, -0.2) is 0 Å². The zero-order valence-electron chi connectivity index (χ0n) is 10.6. The van der Waals surface area contributed by atoms with Crippen LogP contribution in [0.1, 0.15) is 18.9 Å². The summed E-state index contributed by atoms with van der Waals surface area (Å²) in [5.74, 6) is 0.877. The minimum atomic E-state index is 0.877. The molecule has 0 spiro atoms. The fourth-order valence-electron chi connectivity index (χ4n) is 1.93. The molecule has 0 aliphatic heterocycles. The number of nitrogens with zero attached hydrogens (tertiary/aromatic N) is 1.